The molecule has 0 radical (unpaired) electrons. The van der Waals surface area contributed by atoms with E-state index in [-0.39, 0.29) is 19.2 Å². The zero-order valence-electron chi connectivity index (χ0n) is 12.3. The number of urea groups is 1. The van der Waals surface area contributed by atoms with Crippen LogP contribution in [-0.4, -0.2) is 41.5 Å². The summed E-state index contributed by atoms with van der Waals surface area (Å²) in [5.74, 6) is -0.472. The van der Waals surface area contributed by atoms with Crippen LogP contribution in [0.25, 0.3) is 5.69 Å². The van der Waals surface area contributed by atoms with Crippen molar-refractivity contribution in [1.29, 1.82) is 0 Å². The van der Waals surface area contributed by atoms with Crippen molar-refractivity contribution in [3.8, 4) is 5.69 Å². The Hall–Kier alpha value is -2.83. The number of carbonyl (C=O) groups excluding carboxylic acids is 2. The summed E-state index contributed by atoms with van der Waals surface area (Å²) in [7, 11) is 0. The molecule has 2 rings (SSSR count). The molecule has 0 aliphatic heterocycles. The van der Waals surface area contributed by atoms with Gasteiger partial charge in [-0.2, -0.15) is 5.10 Å². The number of nitrogens with one attached hydrogen (secondary N) is 2. The van der Waals surface area contributed by atoms with Gasteiger partial charge in [0.1, 0.15) is 6.61 Å². The minimum Gasteiger partial charge on any atom is -0.460 e. The lowest BCUT2D eigenvalue weighted by Gasteiger charge is -2.06. The SMILES string of the molecule is CCNC(=O)NCCOC(=O)c1cnn(-c2ccccc2)c1. The second-order valence-electron chi connectivity index (χ2n) is 4.43. The molecule has 116 valence electrons. The Kier molecular flexibility index (Phi) is 5.53. The van der Waals surface area contributed by atoms with Gasteiger partial charge in [0, 0.05) is 12.7 Å². The molecule has 2 N–H and O–H groups in total. The molecule has 0 aliphatic carbocycles. The van der Waals surface area contributed by atoms with Gasteiger partial charge in [0.05, 0.1) is 24.0 Å². The zero-order valence-corrected chi connectivity index (χ0v) is 12.3. The minimum atomic E-state index is -0.472. The summed E-state index contributed by atoms with van der Waals surface area (Å²) in [6.45, 7) is 2.73. The third kappa shape index (κ3) is 4.34. The molecule has 1 heterocycles. The number of rotatable bonds is 6. The lowest BCUT2D eigenvalue weighted by molar-refractivity contribution is 0.0510. The zero-order chi connectivity index (χ0) is 15.8. The molecule has 0 fully saturated rings. The van der Waals surface area contributed by atoms with E-state index in [0.717, 1.165) is 5.69 Å². The van der Waals surface area contributed by atoms with Crippen LogP contribution in [0.5, 0.6) is 0 Å². The van der Waals surface area contributed by atoms with Crippen molar-refractivity contribution in [2.45, 2.75) is 6.92 Å². The first-order valence-corrected chi connectivity index (χ1v) is 6.99. The Morgan fingerprint density at radius 3 is 2.73 bits per heavy atom. The van der Waals surface area contributed by atoms with Gasteiger partial charge in [-0.1, -0.05) is 18.2 Å². The predicted octanol–water partition coefficient (Wildman–Crippen LogP) is 1.35. The van der Waals surface area contributed by atoms with Crippen molar-refractivity contribution in [2.75, 3.05) is 19.7 Å². The first-order valence-electron chi connectivity index (χ1n) is 6.99. The third-order valence-electron chi connectivity index (χ3n) is 2.80. The highest BCUT2D eigenvalue weighted by molar-refractivity contribution is 5.88. The van der Waals surface area contributed by atoms with Crippen LogP contribution in [0.4, 0.5) is 4.79 Å². The summed E-state index contributed by atoms with van der Waals surface area (Å²) >= 11 is 0. The molecule has 7 nitrogen and oxygen atoms in total. The number of aromatic nitrogens is 2. The molecular weight excluding hydrogens is 284 g/mol. The van der Waals surface area contributed by atoms with E-state index < -0.39 is 5.97 Å². The number of hydrogen-bond acceptors (Lipinski definition) is 4. The lowest BCUT2D eigenvalue weighted by Crippen LogP contribution is -2.37. The largest absolute Gasteiger partial charge is 0.460 e. The maximum Gasteiger partial charge on any atom is 0.341 e. The van der Waals surface area contributed by atoms with Crippen LogP contribution in [-0.2, 0) is 4.74 Å². The molecule has 0 unspecified atom stereocenters. The highest BCUT2D eigenvalue weighted by Crippen LogP contribution is 2.08. The van der Waals surface area contributed by atoms with Crippen molar-refractivity contribution >= 4 is 12.0 Å². The van der Waals surface area contributed by atoms with Crippen molar-refractivity contribution in [1.82, 2.24) is 20.4 Å². The maximum absolute atomic E-state index is 11.9. The average molecular weight is 302 g/mol. The summed E-state index contributed by atoms with van der Waals surface area (Å²) < 4.78 is 6.67. The Balaban J connectivity index is 1.81. The molecule has 22 heavy (non-hydrogen) atoms. The fourth-order valence-corrected chi connectivity index (χ4v) is 1.76. The van der Waals surface area contributed by atoms with E-state index in [1.54, 1.807) is 10.9 Å². The van der Waals surface area contributed by atoms with Crippen LogP contribution < -0.4 is 10.6 Å². The summed E-state index contributed by atoms with van der Waals surface area (Å²) in [5, 5.41) is 9.28. The van der Waals surface area contributed by atoms with Crippen molar-refractivity contribution in [2.24, 2.45) is 0 Å². The van der Waals surface area contributed by atoms with Crippen LogP contribution in [0.2, 0.25) is 0 Å². The molecule has 2 aromatic rings. The minimum absolute atomic E-state index is 0.104. The summed E-state index contributed by atoms with van der Waals surface area (Å²) in [6, 6.07) is 9.18. The highest BCUT2D eigenvalue weighted by Gasteiger charge is 2.10. The third-order valence-corrected chi connectivity index (χ3v) is 2.80. The first kappa shape index (κ1) is 15.6. The van der Waals surface area contributed by atoms with Gasteiger partial charge in [0.2, 0.25) is 0 Å². The molecule has 0 aliphatic rings. The number of benzene rings is 1. The van der Waals surface area contributed by atoms with Gasteiger partial charge in [-0.25, -0.2) is 14.3 Å². The molecule has 2 amide bonds. The Morgan fingerprint density at radius 2 is 2.00 bits per heavy atom. The van der Waals surface area contributed by atoms with Crippen LogP contribution in [0.15, 0.2) is 42.7 Å². The molecule has 7 heteroatoms. The van der Waals surface area contributed by atoms with E-state index in [4.69, 9.17) is 4.74 Å². The van der Waals surface area contributed by atoms with E-state index in [0.29, 0.717) is 12.1 Å². The monoisotopic (exact) mass is 302 g/mol. The fraction of sp³-hybridized carbons (Fsp3) is 0.267. The Bertz CT molecular complexity index is 625. The summed E-state index contributed by atoms with van der Waals surface area (Å²) in [4.78, 5) is 23.0. The number of ether oxygens (including phenoxy) is 1. The number of para-hydroxylation sites is 1. The number of amides is 2. The smallest absolute Gasteiger partial charge is 0.341 e. The van der Waals surface area contributed by atoms with Crippen LogP contribution in [0.1, 0.15) is 17.3 Å². The average Bonchev–Trinajstić information content (AvgIpc) is 3.02. The van der Waals surface area contributed by atoms with E-state index in [2.05, 4.69) is 15.7 Å². The number of hydrogen-bond donors (Lipinski definition) is 2. The second kappa shape index (κ2) is 7.82. The molecule has 0 bridgehead atoms. The lowest BCUT2D eigenvalue weighted by atomic mass is 10.3. The highest BCUT2D eigenvalue weighted by atomic mass is 16.5. The standard InChI is InChI=1S/C15H18N4O3/c1-2-16-15(21)17-8-9-22-14(20)12-10-18-19(11-12)13-6-4-3-5-7-13/h3-7,10-11H,2,8-9H2,1H3,(H2,16,17,21). The Labute approximate surface area is 128 Å². The number of esters is 1. The van der Waals surface area contributed by atoms with E-state index >= 15 is 0 Å². The summed E-state index contributed by atoms with van der Waals surface area (Å²) in [6.07, 6.45) is 3.06. The molecular formula is C15H18N4O3. The van der Waals surface area contributed by atoms with E-state index in [1.807, 2.05) is 37.3 Å². The van der Waals surface area contributed by atoms with Crippen molar-refractivity contribution in [3.63, 3.8) is 0 Å². The first-order chi connectivity index (χ1) is 10.7. The second-order valence-corrected chi connectivity index (χ2v) is 4.43. The number of nitrogens with zero attached hydrogens (tertiary/aromatic N) is 2. The topological polar surface area (TPSA) is 85.2 Å². The molecule has 0 atom stereocenters. The van der Waals surface area contributed by atoms with Gasteiger partial charge < -0.3 is 15.4 Å². The van der Waals surface area contributed by atoms with Gasteiger partial charge in [0.25, 0.3) is 0 Å². The number of carbonyl (C=O) groups is 2. The molecule has 0 saturated carbocycles. The Morgan fingerprint density at radius 1 is 1.23 bits per heavy atom. The maximum atomic E-state index is 11.9. The quantitative estimate of drug-likeness (QED) is 0.623. The predicted molar refractivity (Wildman–Crippen MR) is 80.9 cm³/mol. The van der Waals surface area contributed by atoms with E-state index in [1.165, 1.54) is 6.20 Å². The van der Waals surface area contributed by atoms with Gasteiger partial charge in [-0.15, -0.1) is 0 Å². The van der Waals surface area contributed by atoms with Crippen molar-refractivity contribution in [3.05, 3.63) is 48.3 Å². The van der Waals surface area contributed by atoms with Crippen LogP contribution in [0.3, 0.4) is 0 Å². The normalized spacial score (nSPS) is 10.0. The van der Waals surface area contributed by atoms with Crippen LogP contribution in [0, 0.1) is 0 Å². The fourth-order valence-electron chi connectivity index (χ4n) is 1.76. The van der Waals surface area contributed by atoms with Gasteiger partial charge in [0.15, 0.2) is 0 Å². The van der Waals surface area contributed by atoms with Crippen molar-refractivity contribution < 1.29 is 14.3 Å². The molecule has 1 aromatic heterocycles. The van der Waals surface area contributed by atoms with Gasteiger partial charge in [-0.05, 0) is 19.1 Å². The van der Waals surface area contributed by atoms with E-state index in [9.17, 15) is 9.59 Å². The summed E-state index contributed by atoms with van der Waals surface area (Å²) in [5.41, 5.74) is 1.22. The van der Waals surface area contributed by atoms with Crippen LogP contribution >= 0.6 is 0 Å². The molecule has 0 spiro atoms. The molecule has 1 aromatic carbocycles. The van der Waals surface area contributed by atoms with Gasteiger partial charge in [-0.3, -0.25) is 0 Å². The van der Waals surface area contributed by atoms with Gasteiger partial charge >= 0.3 is 12.0 Å². The molecule has 0 saturated heterocycles.